The van der Waals surface area contributed by atoms with Gasteiger partial charge in [-0.2, -0.15) is 13.2 Å². The number of ether oxygens (including phenoxy) is 2. The molecule has 1 aliphatic heterocycles. The van der Waals surface area contributed by atoms with Crippen molar-refractivity contribution in [2.75, 3.05) is 0 Å². The number of hydrogen-bond acceptors (Lipinski definition) is 3. The van der Waals surface area contributed by atoms with Gasteiger partial charge in [-0.05, 0) is 25.7 Å². The van der Waals surface area contributed by atoms with Crippen LogP contribution in [0.25, 0.3) is 0 Å². The number of rotatable bonds is 0. The molecule has 0 amide bonds. The van der Waals surface area contributed by atoms with Gasteiger partial charge in [0, 0.05) is 12.8 Å². The van der Waals surface area contributed by atoms with Crippen LogP contribution in [0, 0.1) is 5.41 Å². The molecule has 6 heteroatoms. The van der Waals surface area contributed by atoms with E-state index in [2.05, 4.69) is 0 Å². The fourth-order valence-corrected chi connectivity index (χ4v) is 3.24. The number of alkyl halides is 3. The molecule has 18 heavy (non-hydrogen) atoms. The summed E-state index contributed by atoms with van der Waals surface area (Å²) >= 11 is 0. The molecule has 0 aromatic heterocycles. The van der Waals surface area contributed by atoms with E-state index in [1.54, 1.807) is 0 Å². The van der Waals surface area contributed by atoms with Gasteiger partial charge >= 0.3 is 12.1 Å². The molecule has 2 saturated carbocycles. The summed E-state index contributed by atoms with van der Waals surface area (Å²) in [5, 5.41) is 0. The molecule has 3 rings (SSSR count). The van der Waals surface area contributed by atoms with Crippen molar-refractivity contribution in [3.63, 3.8) is 0 Å². The molecule has 3 aliphatic rings. The van der Waals surface area contributed by atoms with Crippen LogP contribution in [0.3, 0.4) is 0 Å². The van der Waals surface area contributed by atoms with E-state index in [0.717, 1.165) is 19.3 Å². The molecule has 1 saturated heterocycles. The Morgan fingerprint density at radius 1 is 1.11 bits per heavy atom. The molecule has 2 atom stereocenters. The summed E-state index contributed by atoms with van der Waals surface area (Å²) in [5.74, 6) is -2.20. The number of carbonyl (C=O) groups is 1. The molecule has 0 radical (unpaired) electrons. The summed E-state index contributed by atoms with van der Waals surface area (Å²) in [5.41, 5.74) is -2.39. The maximum atomic E-state index is 13.1. The van der Waals surface area contributed by atoms with Crippen LogP contribution < -0.4 is 0 Å². The van der Waals surface area contributed by atoms with E-state index >= 15 is 0 Å². The Hall–Kier alpha value is -0.780. The topological polar surface area (TPSA) is 35.5 Å². The quantitative estimate of drug-likeness (QED) is 0.631. The van der Waals surface area contributed by atoms with Crippen LogP contribution in [0.5, 0.6) is 0 Å². The molecule has 2 aliphatic carbocycles. The predicted molar refractivity (Wildman–Crippen MR) is 54.5 cm³/mol. The Labute approximate surface area is 103 Å². The highest BCUT2D eigenvalue weighted by Gasteiger charge is 2.75. The van der Waals surface area contributed by atoms with Gasteiger partial charge in [-0.25, -0.2) is 0 Å². The molecule has 3 fully saturated rings. The number of fused-ring (bicyclic) bond motifs is 1. The second-order valence-corrected chi connectivity index (χ2v) is 5.48. The smallest absolute Gasteiger partial charge is 0.407 e. The Morgan fingerprint density at radius 3 is 2.22 bits per heavy atom. The van der Waals surface area contributed by atoms with Gasteiger partial charge in [-0.1, -0.05) is 6.42 Å². The SMILES string of the molecule is O=C1OC2(CCCCC2)O[C@H]2CC[C@@]12C(F)(F)F. The molecule has 0 bridgehead atoms. The Balaban J connectivity index is 1.87. The lowest BCUT2D eigenvalue weighted by molar-refractivity contribution is -0.381. The summed E-state index contributed by atoms with van der Waals surface area (Å²) in [4.78, 5) is 11.9. The average molecular weight is 264 g/mol. The summed E-state index contributed by atoms with van der Waals surface area (Å²) in [6.45, 7) is 0. The summed E-state index contributed by atoms with van der Waals surface area (Å²) in [7, 11) is 0. The number of carbonyl (C=O) groups excluding carboxylic acids is 1. The van der Waals surface area contributed by atoms with Crippen molar-refractivity contribution in [2.24, 2.45) is 5.41 Å². The minimum Gasteiger partial charge on any atom is -0.432 e. The third-order valence-corrected chi connectivity index (χ3v) is 4.47. The van der Waals surface area contributed by atoms with Crippen molar-refractivity contribution in [3.05, 3.63) is 0 Å². The lowest BCUT2D eigenvalue weighted by Crippen LogP contribution is -2.69. The van der Waals surface area contributed by atoms with Crippen LogP contribution >= 0.6 is 0 Å². The van der Waals surface area contributed by atoms with Gasteiger partial charge in [-0.3, -0.25) is 4.79 Å². The number of esters is 1. The van der Waals surface area contributed by atoms with Gasteiger partial charge in [0.2, 0.25) is 5.79 Å². The first-order valence-electron chi connectivity index (χ1n) is 6.38. The van der Waals surface area contributed by atoms with E-state index in [1.165, 1.54) is 0 Å². The molecular formula is C12H15F3O3. The van der Waals surface area contributed by atoms with Gasteiger partial charge in [0.25, 0.3) is 0 Å². The first-order valence-corrected chi connectivity index (χ1v) is 6.38. The minimum absolute atomic E-state index is 0.212. The Kier molecular flexibility index (Phi) is 2.47. The molecule has 0 unspecified atom stereocenters. The van der Waals surface area contributed by atoms with E-state index in [9.17, 15) is 18.0 Å². The van der Waals surface area contributed by atoms with Crippen molar-refractivity contribution < 1.29 is 27.4 Å². The first-order chi connectivity index (χ1) is 8.40. The molecule has 0 aromatic rings. The highest BCUT2D eigenvalue weighted by Crippen LogP contribution is 2.60. The average Bonchev–Trinajstić information content (AvgIpc) is 2.23. The van der Waals surface area contributed by atoms with Crippen molar-refractivity contribution in [3.8, 4) is 0 Å². The van der Waals surface area contributed by atoms with Gasteiger partial charge in [0.05, 0.1) is 6.10 Å². The zero-order valence-electron chi connectivity index (χ0n) is 9.89. The monoisotopic (exact) mass is 264 g/mol. The van der Waals surface area contributed by atoms with Crippen molar-refractivity contribution >= 4 is 5.97 Å². The van der Waals surface area contributed by atoms with Crippen molar-refractivity contribution in [2.45, 2.75) is 63.0 Å². The fourth-order valence-electron chi connectivity index (χ4n) is 3.24. The van der Waals surface area contributed by atoms with E-state index in [0.29, 0.717) is 12.8 Å². The zero-order chi connectivity index (χ0) is 13.0. The normalized spacial score (nSPS) is 38.8. The third-order valence-electron chi connectivity index (χ3n) is 4.47. The maximum absolute atomic E-state index is 13.1. The van der Waals surface area contributed by atoms with Crippen LogP contribution in [0.4, 0.5) is 13.2 Å². The van der Waals surface area contributed by atoms with E-state index < -0.39 is 29.5 Å². The minimum atomic E-state index is -4.58. The number of halogens is 3. The molecule has 1 spiro atoms. The second kappa shape index (κ2) is 3.62. The van der Waals surface area contributed by atoms with Gasteiger partial charge < -0.3 is 9.47 Å². The second-order valence-electron chi connectivity index (χ2n) is 5.48. The standard InChI is InChI=1S/C12H15F3O3/c13-12(14,15)11-7-4-8(11)17-10(18-9(11)16)5-2-1-3-6-10/h8H,1-7H2/t8-,11-/m0/s1. The fraction of sp³-hybridized carbons (Fsp3) is 0.917. The van der Waals surface area contributed by atoms with Crippen molar-refractivity contribution in [1.29, 1.82) is 0 Å². The molecular weight excluding hydrogens is 249 g/mol. The number of hydrogen-bond donors (Lipinski definition) is 0. The maximum Gasteiger partial charge on any atom is 0.407 e. The lowest BCUT2D eigenvalue weighted by Gasteiger charge is -2.56. The molecule has 1 heterocycles. The van der Waals surface area contributed by atoms with Crippen LogP contribution in [-0.2, 0) is 14.3 Å². The largest absolute Gasteiger partial charge is 0.432 e. The third kappa shape index (κ3) is 1.44. The summed E-state index contributed by atoms with van der Waals surface area (Å²) in [6.07, 6.45) is -1.84. The van der Waals surface area contributed by atoms with Gasteiger partial charge in [0.15, 0.2) is 5.41 Å². The van der Waals surface area contributed by atoms with Crippen molar-refractivity contribution in [1.82, 2.24) is 0 Å². The molecule has 102 valence electrons. The zero-order valence-corrected chi connectivity index (χ0v) is 9.89. The van der Waals surface area contributed by atoms with Crippen LogP contribution in [-0.4, -0.2) is 24.0 Å². The lowest BCUT2D eigenvalue weighted by atomic mass is 9.64. The van der Waals surface area contributed by atoms with Gasteiger partial charge in [0.1, 0.15) is 0 Å². The van der Waals surface area contributed by atoms with E-state index in [-0.39, 0.29) is 12.8 Å². The molecule has 3 nitrogen and oxygen atoms in total. The Morgan fingerprint density at radius 2 is 1.78 bits per heavy atom. The van der Waals surface area contributed by atoms with E-state index in [4.69, 9.17) is 9.47 Å². The Bertz CT molecular complexity index is 373. The first kappa shape index (κ1) is 12.3. The summed E-state index contributed by atoms with van der Waals surface area (Å²) < 4.78 is 49.8. The predicted octanol–water partition coefficient (Wildman–Crippen LogP) is 2.93. The summed E-state index contributed by atoms with van der Waals surface area (Å²) in [6, 6.07) is 0. The van der Waals surface area contributed by atoms with Gasteiger partial charge in [-0.15, -0.1) is 0 Å². The van der Waals surface area contributed by atoms with Crippen LogP contribution in [0.2, 0.25) is 0 Å². The molecule has 0 aromatic carbocycles. The highest BCUT2D eigenvalue weighted by atomic mass is 19.4. The molecule has 0 N–H and O–H groups in total. The van der Waals surface area contributed by atoms with E-state index in [1.807, 2.05) is 0 Å². The highest BCUT2D eigenvalue weighted by molar-refractivity contribution is 5.81. The van der Waals surface area contributed by atoms with Crippen LogP contribution in [0.1, 0.15) is 44.9 Å². The van der Waals surface area contributed by atoms with Crippen LogP contribution in [0.15, 0.2) is 0 Å².